The number of carbonyl (C=O) groups excluding carboxylic acids is 1. The summed E-state index contributed by atoms with van der Waals surface area (Å²) in [5, 5.41) is 4.10. The van der Waals surface area contributed by atoms with E-state index in [1.54, 1.807) is 7.11 Å². The number of carbonyl (C=O) groups is 1. The second-order valence-corrected chi connectivity index (χ2v) is 7.68. The average molecular weight is 343 g/mol. The predicted molar refractivity (Wildman–Crippen MR) is 101 cm³/mol. The van der Waals surface area contributed by atoms with Crippen LogP contribution in [0.5, 0.6) is 5.75 Å². The molecule has 136 valence electrons. The van der Waals surface area contributed by atoms with Crippen molar-refractivity contribution < 1.29 is 9.53 Å². The monoisotopic (exact) mass is 343 g/mol. The van der Waals surface area contributed by atoms with Crippen LogP contribution in [0.1, 0.15) is 37.7 Å². The van der Waals surface area contributed by atoms with Gasteiger partial charge >= 0.3 is 0 Å². The minimum absolute atomic E-state index is 0.0548. The van der Waals surface area contributed by atoms with Crippen LogP contribution in [0.4, 0.5) is 0 Å². The van der Waals surface area contributed by atoms with Crippen molar-refractivity contribution in [1.29, 1.82) is 0 Å². The first-order chi connectivity index (χ1) is 11.9. The SMILES string of the molecule is COc1ccc2[nH]c(C(=O)N[C@H](C)CN3C[C@H](C)C[C@@H](C)C3)cc2c1. The topological polar surface area (TPSA) is 57.4 Å². The quantitative estimate of drug-likeness (QED) is 0.876. The van der Waals surface area contributed by atoms with Crippen LogP contribution in [-0.2, 0) is 0 Å². The molecule has 3 atom stereocenters. The number of likely N-dealkylation sites (tertiary alicyclic amines) is 1. The number of H-pyrrole nitrogens is 1. The second kappa shape index (κ2) is 7.48. The van der Waals surface area contributed by atoms with Gasteiger partial charge in [-0.15, -0.1) is 0 Å². The Morgan fingerprint density at radius 3 is 2.72 bits per heavy atom. The zero-order chi connectivity index (χ0) is 18.0. The van der Waals surface area contributed by atoms with Crippen molar-refractivity contribution in [2.75, 3.05) is 26.7 Å². The van der Waals surface area contributed by atoms with Gasteiger partial charge in [-0.25, -0.2) is 0 Å². The molecule has 2 heterocycles. The minimum atomic E-state index is -0.0548. The first-order valence-electron chi connectivity index (χ1n) is 9.14. The lowest BCUT2D eigenvalue weighted by Gasteiger charge is -2.36. The number of ether oxygens (including phenoxy) is 1. The van der Waals surface area contributed by atoms with E-state index < -0.39 is 0 Å². The second-order valence-electron chi connectivity index (χ2n) is 7.68. The molecule has 2 N–H and O–H groups in total. The van der Waals surface area contributed by atoms with Crippen LogP contribution in [0.25, 0.3) is 10.9 Å². The van der Waals surface area contributed by atoms with Gasteiger partial charge in [-0.2, -0.15) is 0 Å². The van der Waals surface area contributed by atoms with Crippen molar-refractivity contribution in [3.8, 4) is 5.75 Å². The highest BCUT2D eigenvalue weighted by molar-refractivity contribution is 5.98. The molecule has 1 aliphatic rings. The van der Waals surface area contributed by atoms with Gasteiger partial charge in [0, 0.05) is 36.6 Å². The summed E-state index contributed by atoms with van der Waals surface area (Å²) in [7, 11) is 1.64. The van der Waals surface area contributed by atoms with Crippen molar-refractivity contribution in [3.63, 3.8) is 0 Å². The fourth-order valence-electron chi connectivity index (χ4n) is 4.04. The number of aromatic nitrogens is 1. The lowest BCUT2D eigenvalue weighted by molar-refractivity contribution is 0.0901. The van der Waals surface area contributed by atoms with E-state index in [9.17, 15) is 4.79 Å². The highest BCUT2D eigenvalue weighted by Gasteiger charge is 2.23. The van der Waals surface area contributed by atoms with Crippen LogP contribution < -0.4 is 10.1 Å². The molecule has 1 aliphatic heterocycles. The first kappa shape index (κ1) is 17.8. The normalized spacial score (nSPS) is 22.7. The molecular formula is C20H29N3O2. The van der Waals surface area contributed by atoms with Gasteiger partial charge in [0.1, 0.15) is 11.4 Å². The maximum Gasteiger partial charge on any atom is 0.267 e. The van der Waals surface area contributed by atoms with E-state index >= 15 is 0 Å². The molecule has 5 nitrogen and oxygen atoms in total. The molecule has 5 heteroatoms. The Labute approximate surface area is 149 Å². The van der Waals surface area contributed by atoms with Gasteiger partial charge in [0.15, 0.2) is 0 Å². The van der Waals surface area contributed by atoms with Gasteiger partial charge < -0.3 is 19.9 Å². The zero-order valence-corrected chi connectivity index (χ0v) is 15.6. The van der Waals surface area contributed by atoms with E-state index in [1.165, 1.54) is 6.42 Å². The third kappa shape index (κ3) is 4.34. The number of hydrogen-bond acceptors (Lipinski definition) is 3. The number of fused-ring (bicyclic) bond motifs is 1. The van der Waals surface area contributed by atoms with E-state index in [1.807, 2.05) is 24.3 Å². The molecule has 1 fully saturated rings. The Balaban J connectivity index is 1.61. The van der Waals surface area contributed by atoms with E-state index in [0.29, 0.717) is 5.69 Å². The van der Waals surface area contributed by atoms with Gasteiger partial charge in [0.2, 0.25) is 0 Å². The molecule has 1 aromatic carbocycles. The largest absolute Gasteiger partial charge is 0.497 e. The number of rotatable bonds is 5. The summed E-state index contributed by atoms with van der Waals surface area (Å²) < 4.78 is 5.24. The van der Waals surface area contributed by atoms with Crippen LogP contribution in [-0.4, -0.2) is 48.6 Å². The maximum atomic E-state index is 12.6. The van der Waals surface area contributed by atoms with Crippen LogP contribution in [0.3, 0.4) is 0 Å². The Morgan fingerprint density at radius 2 is 2.04 bits per heavy atom. The summed E-state index contributed by atoms with van der Waals surface area (Å²) in [5.74, 6) is 2.20. The van der Waals surface area contributed by atoms with Gasteiger partial charge in [-0.05, 0) is 49.4 Å². The number of aromatic amines is 1. The molecular weight excluding hydrogens is 314 g/mol. The summed E-state index contributed by atoms with van der Waals surface area (Å²) in [4.78, 5) is 18.2. The fraction of sp³-hybridized carbons (Fsp3) is 0.550. The molecule has 0 saturated carbocycles. The molecule has 1 amide bonds. The number of methoxy groups -OCH3 is 1. The molecule has 0 spiro atoms. The predicted octanol–water partition coefficient (Wildman–Crippen LogP) is 3.27. The van der Waals surface area contributed by atoms with Crippen molar-refractivity contribution in [2.45, 2.75) is 33.2 Å². The van der Waals surface area contributed by atoms with Gasteiger partial charge in [-0.1, -0.05) is 13.8 Å². The summed E-state index contributed by atoms with van der Waals surface area (Å²) in [6.07, 6.45) is 1.30. The standard InChI is InChI=1S/C20H29N3O2/c1-13-7-14(2)11-23(10-13)12-15(3)21-20(24)19-9-16-8-17(25-4)5-6-18(16)22-19/h5-6,8-9,13-15,22H,7,10-12H2,1-4H3,(H,21,24)/t13-,14-,15-/m1/s1. The Morgan fingerprint density at radius 1 is 1.32 bits per heavy atom. The van der Waals surface area contributed by atoms with Crippen molar-refractivity contribution in [1.82, 2.24) is 15.2 Å². The molecule has 0 aliphatic carbocycles. The lowest BCUT2D eigenvalue weighted by atomic mass is 9.92. The van der Waals surface area contributed by atoms with Gasteiger partial charge in [0.05, 0.1) is 7.11 Å². The number of hydrogen-bond donors (Lipinski definition) is 2. The number of benzene rings is 1. The van der Waals surface area contributed by atoms with E-state index in [4.69, 9.17) is 4.74 Å². The highest BCUT2D eigenvalue weighted by Crippen LogP contribution is 2.22. The molecule has 2 aromatic rings. The fourth-order valence-corrected chi connectivity index (χ4v) is 4.04. The Hall–Kier alpha value is -2.01. The van der Waals surface area contributed by atoms with Crippen molar-refractivity contribution >= 4 is 16.8 Å². The van der Waals surface area contributed by atoms with Crippen LogP contribution in [0.2, 0.25) is 0 Å². The Bertz CT molecular complexity index is 730. The number of nitrogens with one attached hydrogen (secondary N) is 2. The molecule has 0 bridgehead atoms. The number of nitrogens with zero attached hydrogens (tertiary/aromatic N) is 1. The minimum Gasteiger partial charge on any atom is -0.497 e. The smallest absolute Gasteiger partial charge is 0.267 e. The highest BCUT2D eigenvalue weighted by atomic mass is 16.5. The zero-order valence-electron chi connectivity index (χ0n) is 15.6. The molecule has 1 saturated heterocycles. The van der Waals surface area contributed by atoms with Crippen LogP contribution in [0.15, 0.2) is 24.3 Å². The Kier molecular flexibility index (Phi) is 5.33. The van der Waals surface area contributed by atoms with Crippen LogP contribution >= 0.6 is 0 Å². The third-order valence-electron chi connectivity index (χ3n) is 4.93. The summed E-state index contributed by atoms with van der Waals surface area (Å²) in [6, 6.07) is 7.76. The summed E-state index contributed by atoms with van der Waals surface area (Å²) in [6.45, 7) is 9.84. The maximum absolute atomic E-state index is 12.6. The van der Waals surface area contributed by atoms with E-state index in [0.717, 1.165) is 48.1 Å². The molecule has 25 heavy (non-hydrogen) atoms. The number of amides is 1. The van der Waals surface area contributed by atoms with Gasteiger partial charge in [0.25, 0.3) is 5.91 Å². The molecule has 1 aromatic heterocycles. The first-order valence-corrected chi connectivity index (χ1v) is 9.14. The number of piperidine rings is 1. The summed E-state index contributed by atoms with van der Waals surface area (Å²) >= 11 is 0. The van der Waals surface area contributed by atoms with E-state index in [-0.39, 0.29) is 11.9 Å². The molecule has 0 unspecified atom stereocenters. The van der Waals surface area contributed by atoms with Crippen molar-refractivity contribution in [3.05, 3.63) is 30.0 Å². The lowest BCUT2D eigenvalue weighted by Crippen LogP contribution is -2.47. The average Bonchev–Trinajstić information content (AvgIpc) is 2.96. The van der Waals surface area contributed by atoms with Crippen molar-refractivity contribution in [2.24, 2.45) is 11.8 Å². The van der Waals surface area contributed by atoms with Gasteiger partial charge in [-0.3, -0.25) is 4.79 Å². The molecule has 3 rings (SSSR count). The third-order valence-corrected chi connectivity index (χ3v) is 4.93. The summed E-state index contributed by atoms with van der Waals surface area (Å²) in [5.41, 5.74) is 1.53. The van der Waals surface area contributed by atoms with Crippen LogP contribution in [0, 0.1) is 11.8 Å². The molecule has 0 radical (unpaired) electrons. The van der Waals surface area contributed by atoms with E-state index in [2.05, 4.69) is 36.0 Å².